The molecule has 0 saturated heterocycles. The van der Waals surface area contributed by atoms with Crippen molar-refractivity contribution in [3.05, 3.63) is 29.3 Å². The molecule has 1 amide bonds. The number of thioether (sulfide) groups is 1. The number of alkyl carbamates (subject to hydrolysis) is 1. The number of hydrogen-bond acceptors (Lipinski definition) is 10. The second-order valence-electron chi connectivity index (χ2n) is 8.23. The van der Waals surface area contributed by atoms with Crippen LogP contribution in [-0.2, 0) is 14.3 Å². The van der Waals surface area contributed by atoms with Crippen LogP contribution in [0.15, 0.2) is 12.7 Å². The number of aliphatic hydroxyl groups excluding tert-OH is 1. The average molecular weight is 584 g/mol. The molecule has 2 bridgehead atoms. The molecule has 4 rings (SSSR count). The summed E-state index contributed by atoms with van der Waals surface area (Å²) in [6.07, 6.45) is 0.700. The van der Waals surface area contributed by atoms with E-state index >= 15 is 0 Å². The van der Waals surface area contributed by atoms with Crippen LogP contribution in [0.2, 0.25) is 0 Å². The van der Waals surface area contributed by atoms with Crippen molar-refractivity contribution in [3.8, 4) is 17.2 Å². The van der Waals surface area contributed by atoms with E-state index in [4.69, 9.17) is 58.5 Å². The summed E-state index contributed by atoms with van der Waals surface area (Å²) in [4.78, 5) is 25.1. The predicted molar refractivity (Wildman–Crippen MR) is 134 cm³/mol. The third kappa shape index (κ3) is 5.71. The lowest BCUT2D eigenvalue weighted by Crippen LogP contribution is -2.50. The number of rotatable bonds is 6. The molecular weight excluding hydrogens is 559 g/mol. The number of cyclic esters (lactones) is 1. The van der Waals surface area contributed by atoms with Crippen molar-refractivity contribution in [2.45, 2.75) is 34.1 Å². The minimum Gasteiger partial charge on any atom is -0.489 e. The maximum Gasteiger partial charge on any atom is 0.408 e. The molecule has 0 aromatic heterocycles. The van der Waals surface area contributed by atoms with Crippen LogP contribution in [0.25, 0.3) is 0 Å². The number of carbonyl (C=O) groups excluding carboxylic acids is 2. The van der Waals surface area contributed by atoms with E-state index in [0.29, 0.717) is 17.2 Å². The predicted octanol–water partition coefficient (Wildman–Crippen LogP) is 3.09. The van der Waals surface area contributed by atoms with Crippen molar-refractivity contribution >= 4 is 58.6 Å². The Morgan fingerprint density at radius 2 is 2.06 bits per heavy atom. The maximum absolute atomic E-state index is 12.9. The SMILES string of the molecule is C=CCOc1c(C)c2c(c3c1[C@H]1SC[C@H](NC(=O)OCC(Cl)(Cl)Cl)C(=O)OC[C@@H]3N[C@@H]1CO)OCO2. The standard InChI is InChI=1S/C22H25Cl3N2O8S/c1-3-4-31-16-10(2)17-18(35-9-34-17)14-12-6-32-20(29)13(27-21(30)33-8-22(23,24)25)7-36-19(15(14)16)11(5-28)26-12/h3,11-13,19,26,28H,1,4-9H2,2H3,(H,27,30)/t11-,12+,13+,19+/m1/s1. The van der Waals surface area contributed by atoms with Gasteiger partial charge in [-0.25, -0.2) is 9.59 Å². The summed E-state index contributed by atoms with van der Waals surface area (Å²) >= 11 is 18.2. The minimum atomic E-state index is -1.79. The molecule has 198 valence electrons. The number of nitrogens with one attached hydrogen (secondary N) is 2. The normalized spacial score (nSPS) is 25.0. The fourth-order valence-corrected chi connectivity index (χ4v) is 5.92. The Morgan fingerprint density at radius 1 is 1.31 bits per heavy atom. The zero-order valence-corrected chi connectivity index (χ0v) is 22.3. The second kappa shape index (κ2) is 11.3. The largest absolute Gasteiger partial charge is 0.489 e. The van der Waals surface area contributed by atoms with E-state index in [1.807, 2.05) is 6.92 Å². The Morgan fingerprint density at radius 3 is 2.75 bits per heavy atom. The van der Waals surface area contributed by atoms with Gasteiger partial charge in [0.05, 0.1) is 17.9 Å². The first-order valence-electron chi connectivity index (χ1n) is 11.0. The number of hydrogen-bond donors (Lipinski definition) is 3. The molecule has 36 heavy (non-hydrogen) atoms. The van der Waals surface area contributed by atoms with E-state index in [9.17, 15) is 14.7 Å². The van der Waals surface area contributed by atoms with Crippen LogP contribution in [0.3, 0.4) is 0 Å². The number of carbonyl (C=O) groups is 2. The number of halogens is 3. The highest BCUT2D eigenvalue weighted by atomic mass is 35.6. The first-order valence-corrected chi connectivity index (χ1v) is 13.2. The number of fused-ring (bicyclic) bond motifs is 1. The van der Waals surface area contributed by atoms with Gasteiger partial charge in [-0.2, -0.15) is 0 Å². The number of benzene rings is 1. The minimum absolute atomic E-state index is 0.0452. The third-order valence-electron chi connectivity index (χ3n) is 5.81. The third-order valence-corrected chi connectivity index (χ3v) is 7.58. The van der Waals surface area contributed by atoms with Crippen molar-refractivity contribution in [2.24, 2.45) is 0 Å². The summed E-state index contributed by atoms with van der Waals surface area (Å²) in [6, 6.07) is -1.99. The van der Waals surface area contributed by atoms with Crippen molar-refractivity contribution in [3.63, 3.8) is 0 Å². The number of esters is 1. The van der Waals surface area contributed by atoms with Gasteiger partial charge in [-0.3, -0.25) is 0 Å². The molecular formula is C22H25Cl3N2O8S. The van der Waals surface area contributed by atoms with Crippen molar-refractivity contribution in [1.82, 2.24) is 10.6 Å². The Hall–Kier alpha value is -1.76. The molecule has 0 unspecified atom stereocenters. The lowest BCUT2D eigenvalue weighted by molar-refractivity contribution is -0.146. The summed E-state index contributed by atoms with van der Waals surface area (Å²) in [5, 5.41) is 15.7. The fourth-order valence-electron chi connectivity index (χ4n) is 4.34. The number of alkyl halides is 3. The number of aliphatic hydroxyl groups is 1. The highest BCUT2D eigenvalue weighted by Crippen LogP contribution is 2.56. The Kier molecular flexibility index (Phi) is 8.58. The Bertz CT molecular complexity index is 1040. The lowest BCUT2D eigenvalue weighted by Gasteiger charge is -2.41. The molecule has 1 aromatic rings. The molecule has 10 nitrogen and oxygen atoms in total. The molecule has 3 N–H and O–H groups in total. The van der Waals surface area contributed by atoms with E-state index in [-0.39, 0.29) is 37.6 Å². The van der Waals surface area contributed by atoms with Crippen molar-refractivity contribution < 1.29 is 38.4 Å². The molecule has 0 saturated carbocycles. The van der Waals surface area contributed by atoms with Crippen LogP contribution in [0.5, 0.6) is 17.2 Å². The smallest absolute Gasteiger partial charge is 0.408 e. The van der Waals surface area contributed by atoms with Crippen molar-refractivity contribution in [2.75, 3.05) is 39.0 Å². The molecule has 3 aliphatic rings. The van der Waals surface area contributed by atoms with Gasteiger partial charge in [0.15, 0.2) is 11.5 Å². The number of amides is 1. The number of ether oxygens (including phenoxy) is 5. The summed E-state index contributed by atoms with van der Waals surface area (Å²) in [6.45, 7) is 5.11. The van der Waals surface area contributed by atoms with Gasteiger partial charge < -0.3 is 39.4 Å². The highest BCUT2D eigenvalue weighted by molar-refractivity contribution is 7.99. The van der Waals surface area contributed by atoms with Gasteiger partial charge in [0.2, 0.25) is 10.6 Å². The molecule has 14 heteroatoms. The van der Waals surface area contributed by atoms with E-state index in [1.54, 1.807) is 6.08 Å². The molecule has 0 fully saturated rings. The van der Waals surface area contributed by atoms with Gasteiger partial charge in [0.1, 0.15) is 31.6 Å². The zero-order valence-electron chi connectivity index (χ0n) is 19.2. The van der Waals surface area contributed by atoms with E-state index in [2.05, 4.69) is 17.2 Å². The first-order chi connectivity index (χ1) is 17.1. The van der Waals surface area contributed by atoms with Crippen molar-refractivity contribution in [1.29, 1.82) is 0 Å². The molecule has 0 aliphatic carbocycles. The van der Waals surface area contributed by atoms with Crippen LogP contribution in [0.1, 0.15) is 28.0 Å². The van der Waals surface area contributed by atoms with Crippen LogP contribution >= 0.6 is 46.6 Å². The second-order valence-corrected chi connectivity index (χ2v) is 11.9. The Labute approximate surface area is 226 Å². The van der Waals surface area contributed by atoms with Gasteiger partial charge in [-0.1, -0.05) is 47.5 Å². The molecule has 0 spiro atoms. The first kappa shape index (κ1) is 27.3. The maximum atomic E-state index is 12.9. The van der Waals surface area contributed by atoms with E-state index in [1.165, 1.54) is 11.8 Å². The molecule has 4 atom stereocenters. The van der Waals surface area contributed by atoms with Gasteiger partial charge in [-0.15, -0.1) is 11.8 Å². The molecule has 1 aromatic carbocycles. The topological polar surface area (TPSA) is 125 Å². The molecule has 3 aliphatic heterocycles. The van der Waals surface area contributed by atoms with Crippen LogP contribution in [-0.4, -0.2) is 72.0 Å². The average Bonchev–Trinajstić information content (AvgIpc) is 3.33. The zero-order chi connectivity index (χ0) is 26.0. The van der Waals surface area contributed by atoms with Gasteiger partial charge >= 0.3 is 12.1 Å². The van der Waals surface area contributed by atoms with E-state index < -0.39 is 40.6 Å². The molecule has 3 heterocycles. The quantitative estimate of drug-likeness (QED) is 0.261. The van der Waals surface area contributed by atoms with Crippen LogP contribution in [0, 0.1) is 6.92 Å². The fraction of sp³-hybridized carbons (Fsp3) is 0.545. The lowest BCUT2D eigenvalue weighted by atomic mass is 9.86. The van der Waals surface area contributed by atoms with E-state index in [0.717, 1.165) is 16.7 Å². The van der Waals surface area contributed by atoms with Crippen LogP contribution in [0.4, 0.5) is 4.79 Å². The summed E-state index contributed by atoms with van der Waals surface area (Å²) in [7, 11) is 0. The van der Waals surface area contributed by atoms with Gasteiger partial charge in [-0.05, 0) is 6.92 Å². The van der Waals surface area contributed by atoms with Gasteiger partial charge in [0, 0.05) is 28.5 Å². The van der Waals surface area contributed by atoms with Gasteiger partial charge in [0.25, 0.3) is 0 Å². The monoisotopic (exact) mass is 582 g/mol. The summed E-state index contributed by atoms with van der Waals surface area (Å²) in [5.41, 5.74) is 2.31. The summed E-state index contributed by atoms with van der Waals surface area (Å²) in [5.74, 6) is 1.15. The van der Waals surface area contributed by atoms with Crippen LogP contribution < -0.4 is 24.8 Å². The molecule has 0 radical (unpaired) electrons. The highest BCUT2D eigenvalue weighted by Gasteiger charge is 2.44. The Balaban J connectivity index is 1.69. The summed E-state index contributed by atoms with van der Waals surface area (Å²) < 4.78 is 26.3.